The molecule has 2 heteroatoms. The Morgan fingerprint density at radius 2 is 2.07 bits per heavy atom. The van der Waals surface area contributed by atoms with Crippen molar-refractivity contribution >= 4 is 0 Å². The van der Waals surface area contributed by atoms with Gasteiger partial charge < -0.3 is 10.1 Å². The summed E-state index contributed by atoms with van der Waals surface area (Å²) in [5.41, 5.74) is 1.30. The second-order valence-electron chi connectivity index (χ2n) is 4.00. The van der Waals surface area contributed by atoms with Crippen LogP contribution in [0.4, 0.5) is 0 Å². The fourth-order valence-electron chi connectivity index (χ4n) is 1.68. The van der Waals surface area contributed by atoms with Crippen molar-refractivity contribution in [1.29, 1.82) is 0 Å². The molecule has 1 saturated heterocycles. The lowest BCUT2D eigenvalue weighted by Gasteiger charge is -2.29. The Morgan fingerprint density at radius 1 is 1.36 bits per heavy atom. The van der Waals surface area contributed by atoms with Crippen LogP contribution in [0.1, 0.15) is 31.9 Å². The van der Waals surface area contributed by atoms with E-state index in [0.717, 1.165) is 12.3 Å². The lowest BCUT2D eigenvalue weighted by atomic mass is 9.97. The number of para-hydroxylation sites is 1. The van der Waals surface area contributed by atoms with Gasteiger partial charge in [0.05, 0.1) is 6.10 Å². The van der Waals surface area contributed by atoms with Crippen LogP contribution in [0.5, 0.6) is 5.75 Å². The highest BCUT2D eigenvalue weighted by atomic mass is 16.5. The molecule has 0 radical (unpaired) electrons. The summed E-state index contributed by atoms with van der Waals surface area (Å²) in [4.78, 5) is 0. The summed E-state index contributed by atoms with van der Waals surface area (Å²) in [6.45, 7) is 5.25. The first-order valence-corrected chi connectivity index (χ1v) is 5.26. The van der Waals surface area contributed by atoms with Crippen molar-refractivity contribution in [2.75, 3.05) is 6.54 Å². The summed E-state index contributed by atoms with van der Waals surface area (Å²) in [6.07, 6.45) is 1.47. The lowest BCUT2D eigenvalue weighted by Crippen LogP contribution is -2.35. The van der Waals surface area contributed by atoms with Gasteiger partial charge in [0.2, 0.25) is 0 Å². The molecule has 2 rings (SSSR count). The second-order valence-corrected chi connectivity index (χ2v) is 4.00. The Morgan fingerprint density at radius 3 is 2.64 bits per heavy atom. The van der Waals surface area contributed by atoms with E-state index in [2.05, 4.69) is 37.4 Å². The third kappa shape index (κ3) is 1.90. The van der Waals surface area contributed by atoms with Crippen LogP contribution in [0.15, 0.2) is 24.3 Å². The first kappa shape index (κ1) is 9.53. The summed E-state index contributed by atoms with van der Waals surface area (Å²) in [5, 5.41) is 3.40. The van der Waals surface area contributed by atoms with Crippen LogP contribution in [0, 0.1) is 0 Å². The standard InChI is InChI=1S/C12H17NO/c1-9(2)14-12-6-4-3-5-10(12)11-7-8-13-11/h3-6,9,11,13H,7-8H2,1-2H3/t11-/m1/s1. The molecule has 14 heavy (non-hydrogen) atoms. The van der Waals surface area contributed by atoms with Crippen LogP contribution in [0.25, 0.3) is 0 Å². The van der Waals surface area contributed by atoms with Crippen LogP contribution in [-0.2, 0) is 0 Å². The van der Waals surface area contributed by atoms with Crippen molar-refractivity contribution in [2.24, 2.45) is 0 Å². The maximum atomic E-state index is 5.76. The van der Waals surface area contributed by atoms with E-state index in [1.165, 1.54) is 12.0 Å². The van der Waals surface area contributed by atoms with Crippen molar-refractivity contribution in [2.45, 2.75) is 32.4 Å². The molecule has 0 saturated carbocycles. The average molecular weight is 191 g/mol. The zero-order chi connectivity index (χ0) is 9.97. The maximum absolute atomic E-state index is 5.76. The van der Waals surface area contributed by atoms with Crippen molar-refractivity contribution in [1.82, 2.24) is 5.32 Å². The van der Waals surface area contributed by atoms with E-state index in [1.54, 1.807) is 0 Å². The first-order chi connectivity index (χ1) is 6.77. The molecule has 1 aromatic carbocycles. The number of hydrogen-bond donors (Lipinski definition) is 1. The third-order valence-electron chi connectivity index (χ3n) is 2.48. The van der Waals surface area contributed by atoms with Crippen molar-refractivity contribution in [3.8, 4) is 5.75 Å². The SMILES string of the molecule is CC(C)Oc1ccccc1[C@H]1CCN1. The zero-order valence-electron chi connectivity index (χ0n) is 8.79. The van der Waals surface area contributed by atoms with E-state index in [4.69, 9.17) is 4.74 Å². The molecule has 0 aromatic heterocycles. The summed E-state index contributed by atoms with van der Waals surface area (Å²) in [7, 11) is 0. The largest absolute Gasteiger partial charge is 0.491 e. The number of hydrogen-bond acceptors (Lipinski definition) is 2. The van der Waals surface area contributed by atoms with Crippen LogP contribution < -0.4 is 10.1 Å². The molecule has 1 fully saturated rings. The number of ether oxygens (including phenoxy) is 1. The average Bonchev–Trinajstić information content (AvgIpc) is 2.04. The molecule has 1 aliphatic heterocycles. The number of benzene rings is 1. The normalized spacial score (nSPS) is 20.6. The Bertz CT molecular complexity index is 305. The summed E-state index contributed by atoms with van der Waals surface area (Å²) in [5.74, 6) is 1.03. The smallest absolute Gasteiger partial charge is 0.124 e. The first-order valence-electron chi connectivity index (χ1n) is 5.26. The highest BCUT2D eigenvalue weighted by molar-refractivity contribution is 5.37. The van der Waals surface area contributed by atoms with E-state index < -0.39 is 0 Å². The molecular formula is C12H17NO. The molecule has 0 amide bonds. The Kier molecular flexibility index (Phi) is 2.73. The van der Waals surface area contributed by atoms with Gasteiger partial charge in [0.25, 0.3) is 0 Å². The molecule has 1 aromatic rings. The molecule has 0 aliphatic carbocycles. The highest BCUT2D eigenvalue weighted by Crippen LogP contribution is 2.31. The Labute approximate surface area is 85.3 Å². The lowest BCUT2D eigenvalue weighted by molar-refractivity contribution is 0.233. The fourth-order valence-corrected chi connectivity index (χ4v) is 1.68. The van der Waals surface area contributed by atoms with Gasteiger partial charge in [-0.15, -0.1) is 0 Å². The van der Waals surface area contributed by atoms with Crippen molar-refractivity contribution < 1.29 is 4.74 Å². The van der Waals surface area contributed by atoms with Crippen LogP contribution in [-0.4, -0.2) is 12.6 Å². The van der Waals surface area contributed by atoms with Gasteiger partial charge in [0, 0.05) is 11.6 Å². The second kappa shape index (κ2) is 4.01. The van der Waals surface area contributed by atoms with Gasteiger partial charge in [0.1, 0.15) is 5.75 Å². The number of nitrogens with one attached hydrogen (secondary N) is 1. The summed E-state index contributed by atoms with van der Waals surface area (Å²) >= 11 is 0. The molecule has 76 valence electrons. The molecule has 2 nitrogen and oxygen atoms in total. The summed E-state index contributed by atoms with van der Waals surface area (Å²) in [6, 6.07) is 8.80. The topological polar surface area (TPSA) is 21.3 Å². The van der Waals surface area contributed by atoms with Crippen LogP contribution >= 0.6 is 0 Å². The quantitative estimate of drug-likeness (QED) is 0.792. The highest BCUT2D eigenvalue weighted by Gasteiger charge is 2.21. The molecule has 0 bridgehead atoms. The van der Waals surface area contributed by atoms with Crippen LogP contribution in [0.3, 0.4) is 0 Å². The van der Waals surface area contributed by atoms with Crippen molar-refractivity contribution in [3.63, 3.8) is 0 Å². The summed E-state index contributed by atoms with van der Waals surface area (Å²) < 4.78 is 5.76. The van der Waals surface area contributed by atoms with Gasteiger partial charge in [-0.05, 0) is 32.9 Å². The predicted molar refractivity (Wildman–Crippen MR) is 57.6 cm³/mol. The molecule has 1 atom stereocenters. The maximum Gasteiger partial charge on any atom is 0.124 e. The molecule has 1 aliphatic rings. The minimum absolute atomic E-state index is 0.247. The van der Waals surface area contributed by atoms with Gasteiger partial charge in [-0.25, -0.2) is 0 Å². The van der Waals surface area contributed by atoms with Gasteiger partial charge in [-0.2, -0.15) is 0 Å². The minimum Gasteiger partial charge on any atom is -0.491 e. The minimum atomic E-state index is 0.247. The number of rotatable bonds is 3. The Hall–Kier alpha value is -1.02. The van der Waals surface area contributed by atoms with E-state index >= 15 is 0 Å². The van der Waals surface area contributed by atoms with E-state index in [-0.39, 0.29) is 6.10 Å². The molecule has 0 spiro atoms. The van der Waals surface area contributed by atoms with Crippen molar-refractivity contribution in [3.05, 3.63) is 29.8 Å². The van der Waals surface area contributed by atoms with E-state index in [0.29, 0.717) is 6.04 Å². The zero-order valence-corrected chi connectivity index (χ0v) is 8.79. The van der Waals surface area contributed by atoms with Crippen LogP contribution in [0.2, 0.25) is 0 Å². The monoisotopic (exact) mass is 191 g/mol. The fraction of sp³-hybridized carbons (Fsp3) is 0.500. The van der Waals surface area contributed by atoms with E-state index in [9.17, 15) is 0 Å². The molecular weight excluding hydrogens is 174 g/mol. The van der Waals surface area contributed by atoms with Gasteiger partial charge in [0.15, 0.2) is 0 Å². The van der Waals surface area contributed by atoms with Gasteiger partial charge >= 0.3 is 0 Å². The van der Waals surface area contributed by atoms with E-state index in [1.807, 2.05) is 6.07 Å². The third-order valence-corrected chi connectivity index (χ3v) is 2.48. The molecule has 0 unspecified atom stereocenters. The van der Waals surface area contributed by atoms with Gasteiger partial charge in [-0.1, -0.05) is 18.2 Å². The molecule has 1 heterocycles. The Balaban J connectivity index is 2.19. The predicted octanol–water partition coefficient (Wildman–Crippen LogP) is 2.51. The van der Waals surface area contributed by atoms with Gasteiger partial charge in [-0.3, -0.25) is 0 Å². The molecule has 1 N–H and O–H groups in total.